The Kier molecular flexibility index (Phi) is 4.11. The molecule has 25 heavy (non-hydrogen) atoms. The van der Waals surface area contributed by atoms with Gasteiger partial charge in [0.1, 0.15) is 18.7 Å². The Labute approximate surface area is 149 Å². The largest absolute Gasteiger partial charge is 0.489 e. The van der Waals surface area contributed by atoms with Crippen LogP contribution in [-0.2, 0) is 11.4 Å². The highest BCUT2D eigenvalue weighted by Crippen LogP contribution is 2.29. The molecule has 2 aromatic carbocycles. The number of nitrogens with zero attached hydrogens (tertiary/aromatic N) is 3. The second-order valence-electron chi connectivity index (χ2n) is 5.78. The highest BCUT2D eigenvalue weighted by atomic mass is 35.5. The quantitative estimate of drug-likeness (QED) is 0.779. The highest BCUT2D eigenvalue weighted by molar-refractivity contribution is 6.30. The predicted octanol–water partition coefficient (Wildman–Crippen LogP) is 3.44. The van der Waals surface area contributed by atoms with Crippen LogP contribution in [0.3, 0.4) is 0 Å². The molecule has 0 radical (unpaired) electrons. The Morgan fingerprint density at radius 3 is 2.68 bits per heavy atom. The van der Waals surface area contributed by atoms with E-state index < -0.39 is 0 Å². The van der Waals surface area contributed by atoms with Crippen molar-refractivity contribution in [3.8, 4) is 5.75 Å². The lowest BCUT2D eigenvalue weighted by Crippen LogP contribution is -2.29. The number of aromatic nitrogens is 3. The van der Waals surface area contributed by atoms with Crippen molar-refractivity contribution in [2.75, 3.05) is 5.32 Å². The molecule has 1 atom stereocenters. The molecule has 1 N–H and O–H groups in total. The van der Waals surface area contributed by atoms with Gasteiger partial charge in [-0.25, -0.2) is 4.68 Å². The van der Waals surface area contributed by atoms with Gasteiger partial charge in [0.25, 0.3) is 0 Å². The Morgan fingerprint density at radius 1 is 1.16 bits per heavy atom. The van der Waals surface area contributed by atoms with Crippen molar-refractivity contribution in [3.05, 3.63) is 71.0 Å². The van der Waals surface area contributed by atoms with E-state index in [1.54, 1.807) is 4.68 Å². The number of nitrogens with one attached hydrogen (secondary N) is 1. The van der Waals surface area contributed by atoms with Gasteiger partial charge in [0, 0.05) is 5.02 Å². The van der Waals surface area contributed by atoms with Crippen LogP contribution in [0.5, 0.6) is 5.75 Å². The lowest BCUT2D eigenvalue weighted by molar-refractivity contribution is -0.117. The van der Waals surface area contributed by atoms with Gasteiger partial charge in [-0.3, -0.25) is 10.1 Å². The molecule has 7 heteroatoms. The third kappa shape index (κ3) is 3.34. The van der Waals surface area contributed by atoms with Crippen molar-refractivity contribution in [3.63, 3.8) is 0 Å². The molecule has 3 aromatic rings. The number of benzene rings is 2. The molecule has 1 aromatic heterocycles. The lowest BCUT2D eigenvalue weighted by atomic mass is 10.0. The van der Waals surface area contributed by atoms with Crippen molar-refractivity contribution >= 4 is 23.5 Å². The third-order valence-electron chi connectivity index (χ3n) is 4.08. The van der Waals surface area contributed by atoms with Gasteiger partial charge in [-0.15, -0.1) is 0 Å². The molecular weight excluding hydrogens is 340 g/mol. The standard InChI is InChI=1S/C18H15ClN4O2/c19-14-5-1-12(2-6-14)10-25-15-7-3-13(4-8-15)16-9-17(24)22-18-20-11-21-23(16)18/h1-8,11,16H,9-10H2,(H,20,21,22,24)/t16-/m1/s1. The Balaban J connectivity index is 1.47. The number of anilines is 1. The first-order valence-corrected chi connectivity index (χ1v) is 8.23. The second-order valence-corrected chi connectivity index (χ2v) is 6.22. The van der Waals surface area contributed by atoms with E-state index in [1.807, 2.05) is 48.5 Å². The smallest absolute Gasteiger partial charge is 0.229 e. The number of hydrogen-bond acceptors (Lipinski definition) is 4. The minimum Gasteiger partial charge on any atom is -0.489 e. The minimum absolute atomic E-state index is 0.0615. The number of fused-ring (bicyclic) bond motifs is 1. The summed E-state index contributed by atoms with van der Waals surface area (Å²) in [6.45, 7) is 0.468. The number of halogens is 1. The van der Waals surface area contributed by atoms with Crippen molar-refractivity contribution in [2.24, 2.45) is 0 Å². The van der Waals surface area contributed by atoms with Crippen LogP contribution in [0, 0.1) is 0 Å². The molecule has 0 saturated heterocycles. The summed E-state index contributed by atoms with van der Waals surface area (Å²) in [4.78, 5) is 15.9. The van der Waals surface area contributed by atoms with E-state index in [0.29, 0.717) is 24.0 Å². The zero-order valence-electron chi connectivity index (χ0n) is 13.2. The Hall–Kier alpha value is -2.86. The van der Waals surface area contributed by atoms with Crippen molar-refractivity contribution in [1.82, 2.24) is 14.8 Å². The van der Waals surface area contributed by atoms with Gasteiger partial charge in [0.15, 0.2) is 0 Å². The Bertz CT molecular complexity index is 890. The van der Waals surface area contributed by atoms with Crippen LogP contribution < -0.4 is 10.1 Å². The van der Waals surface area contributed by atoms with E-state index >= 15 is 0 Å². The molecule has 2 heterocycles. The summed E-state index contributed by atoms with van der Waals surface area (Å²) in [5.41, 5.74) is 2.03. The summed E-state index contributed by atoms with van der Waals surface area (Å²) in [5.74, 6) is 1.18. The SMILES string of the molecule is O=C1C[C@H](c2ccc(OCc3ccc(Cl)cc3)cc2)n2ncnc2N1. The van der Waals surface area contributed by atoms with E-state index in [0.717, 1.165) is 16.9 Å². The van der Waals surface area contributed by atoms with Crippen LogP contribution in [0.25, 0.3) is 0 Å². The maximum atomic E-state index is 11.8. The predicted molar refractivity (Wildman–Crippen MR) is 93.6 cm³/mol. The van der Waals surface area contributed by atoms with Gasteiger partial charge >= 0.3 is 0 Å². The fraction of sp³-hybridized carbons (Fsp3) is 0.167. The average molecular weight is 355 g/mol. The number of rotatable bonds is 4. The highest BCUT2D eigenvalue weighted by Gasteiger charge is 2.27. The van der Waals surface area contributed by atoms with Gasteiger partial charge in [-0.2, -0.15) is 10.1 Å². The van der Waals surface area contributed by atoms with Gasteiger partial charge in [0.05, 0.1) is 12.5 Å². The fourth-order valence-corrected chi connectivity index (χ4v) is 2.92. The summed E-state index contributed by atoms with van der Waals surface area (Å²) in [5, 5.41) is 7.62. The summed E-state index contributed by atoms with van der Waals surface area (Å²) in [6, 6.07) is 15.1. The van der Waals surface area contributed by atoms with E-state index in [4.69, 9.17) is 16.3 Å². The third-order valence-corrected chi connectivity index (χ3v) is 4.33. The van der Waals surface area contributed by atoms with E-state index in [-0.39, 0.29) is 11.9 Å². The molecule has 0 fully saturated rings. The molecule has 126 valence electrons. The van der Waals surface area contributed by atoms with Gasteiger partial charge < -0.3 is 4.74 Å². The molecule has 1 amide bonds. The topological polar surface area (TPSA) is 69.0 Å². The van der Waals surface area contributed by atoms with Crippen molar-refractivity contribution < 1.29 is 9.53 Å². The first-order chi connectivity index (χ1) is 12.2. The summed E-state index contributed by atoms with van der Waals surface area (Å²) in [6.07, 6.45) is 1.78. The van der Waals surface area contributed by atoms with Gasteiger partial charge in [0.2, 0.25) is 11.9 Å². The summed E-state index contributed by atoms with van der Waals surface area (Å²) in [7, 11) is 0. The van der Waals surface area contributed by atoms with Crippen LogP contribution in [-0.4, -0.2) is 20.7 Å². The monoisotopic (exact) mass is 354 g/mol. The molecule has 1 aliphatic heterocycles. The second kappa shape index (κ2) is 6.57. The lowest BCUT2D eigenvalue weighted by Gasteiger charge is -2.23. The zero-order chi connectivity index (χ0) is 17.2. The molecule has 1 aliphatic rings. The first kappa shape index (κ1) is 15.7. The van der Waals surface area contributed by atoms with Crippen LogP contribution in [0.1, 0.15) is 23.6 Å². The number of hydrogen-bond donors (Lipinski definition) is 1. The fourth-order valence-electron chi connectivity index (χ4n) is 2.80. The van der Waals surface area contributed by atoms with Crippen LogP contribution >= 0.6 is 11.6 Å². The minimum atomic E-state index is -0.156. The van der Waals surface area contributed by atoms with E-state index in [2.05, 4.69) is 15.4 Å². The zero-order valence-corrected chi connectivity index (χ0v) is 14.0. The maximum absolute atomic E-state index is 11.8. The van der Waals surface area contributed by atoms with E-state index in [1.165, 1.54) is 6.33 Å². The average Bonchev–Trinajstić information content (AvgIpc) is 3.09. The molecule has 0 aliphatic carbocycles. The molecule has 0 spiro atoms. The molecular formula is C18H15ClN4O2. The number of amides is 1. The van der Waals surface area contributed by atoms with E-state index in [9.17, 15) is 4.79 Å². The molecule has 0 bridgehead atoms. The van der Waals surface area contributed by atoms with Crippen molar-refractivity contribution in [2.45, 2.75) is 19.1 Å². The van der Waals surface area contributed by atoms with Crippen molar-refractivity contribution in [1.29, 1.82) is 0 Å². The molecule has 0 saturated carbocycles. The Morgan fingerprint density at radius 2 is 1.92 bits per heavy atom. The first-order valence-electron chi connectivity index (χ1n) is 7.85. The van der Waals surface area contributed by atoms with Gasteiger partial charge in [-0.05, 0) is 35.4 Å². The number of carbonyl (C=O) groups is 1. The van der Waals surface area contributed by atoms with Crippen LogP contribution in [0.4, 0.5) is 5.95 Å². The van der Waals surface area contributed by atoms with Crippen LogP contribution in [0.2, 0.25) is 5.02 Å². The maximum Gasteiger partial charge on any atom is 0.229 e. The number of carbonyl (C=O) groups excluding carboxylic acids is 1. The van der Waals surface area contributed by atoms with Crippen LogP contribution in [0.15, 0.2) is 54.9 Å². The molecule has 0 unspecified atom stereocenters. The normalized spacial score (nSPS) is 16.2. The summed E-state index contributed by atoms with van der Waals surface area (Å²) < 4.78 is 7.52. The van der Waals surface area contributed by atoms with Gasteiger partial charge in [-0.1, -0.05) is 35.9 Å². The summed E-state index contributed by atoms with van der Waals surface area (Å²) >= 11 is 5.88. The number of ether oxygens (including phenoxy) is 1. The molecule has 6 nitrogen and oxygen atoms in total. The molecule has 4 rings (SSSR count).